The van der Waals surface area contributed by atoms with Crippen molar-refractivity contribution < 1.29 is 0 Å². The molecule has 2 heterocycles. The number of hydrogen-bond donors (Lipinski definition) is 1. The first-order chi connectivity index (χ1) is 7.17. The first-order valence-electron chi connectivity index (χ1n) is 5.85. The second-order valence-corrected chi connectivity index (χ2v) is 6.39. The zero-order valence-corrected chi connectivity index (χ0v) is 10.2. The molecule has 0 radical (unpaired) electrons. The summed E-state index contributed by atoms with van der Waals surface area (Å²) in [4.78, 5) is 4.81. The van der Waals surface area contributed by atoms with Crippen LogP contribution < -0.4 is 5.32 Å². The van der Waals surface area contributed by atoms with Crippen molar-refractivity contribution in [3.8, 4) is 0 Å². The van der Waals surface area contributed by atoms with Crippen molar-refractivity contribution in [1.29, 1.82) is 0 Å². The molecule has 2 atom stereocenters. The first kappa shape index (κ1) is 9.79. The highest BCUT2D eigenvalue weighted by Crippen LogP contribution is 2.59. The second-order valence-electron chi connectivity index (χ2n) is 5.50. The summed E-state index contributed by atoms with van der Waals surface area (Å²) in [7, 11) is 0. The van der Waals surface area contributed by atoms with Gasteiger partial charge in [0.2, 0.25) is 0 Å². The normalized spacial score (nSPS) is 33.2. The Hall–Kier alpha value is -0.410. The molecule has 0 bridgehead atoms. The highest BCUT2D eigenvalue weighted by Gasteiger charge is 2.48. The average Bonchev–Trinajstić information content (AvgIpc) is 2.73. The molecule has 1 aliphatic heterocycles. The van der Waals surface area contributed by atoms with E-state index in [2.05, 4.69) is 24.5 Å². The molecule has 0 aromatic carbocycles. The van der Waals surface area contributed by atoms with Gasteiger partial charge in [0.05, 0.1) is 16.7 Å². The summed E-state index contributed by atoms with van der Waals surface area (Å²) in [5, 5.41) is 7.13. The second kappa shape index (κ2) is 3.29. The summed E-state index contributed by atoms with van der Waals surface area (Å²) < 4.78 is 0. The third-order valence-corrected chi connectivity index (χ3v) is 4.75. The van der Waals surface area contributed by atoms with Crippen LogP contribution in [-0.2, 0) is 0 Å². The summed E-state index contributed by atoms with van der Waals surface area (Å²) in [6.07, 6.45) is 3.88. The van der Waals surface area contributed by atoms with Crippen LogP contribution in [0, 0.1) is 5.41 Å². The molecular formula is C12H18N2S. The van der Waals surface area contributed by atoms with Crippen LogP contribution in [0.15, 0.2) is 5.38 Å². The van der Waals surface area contributed by atoms with Crippen LogP contribution in [0.2, 0.25) is 0 Å². The number of aromatic nitrogens is 1. The topological polar surface area (TPSA) is 24.9 Å². The lowest BCUT2D eigenvalue weighted by Crippen LogP contribution is -2.13. The Labute approximate surface area is 95.1 Å². The van der Waals surface area contributed by atoms with Gasteiger partial charge in [-0.25, -0.2) is 4.98 Å². The van der Waals surface area contributed by atoms with E-state index >= 15 is 0 Å². The number of thiazole rings is 1. The zero-order chi connectivity index (χ0) is 10.5. The zero-order valence-electron chi connectivity index (χ0n) is 9.42. The maximum absolute atomic E-state index is 4.81. The fourth-order valence-electron chi connectivity index (χ4n) is 2.45. The van der Waals surface area contributed by atoms with Gasteiger partial charge in [-0.3, -0.25) is 0 Å². The molecule has 0 spiro atoms. The molecule has 82 valence electrons. The molecule has 3 rings (SSSR count). The SMILES string of the molecule is CC1(C)CC1c1nc(C2CCCN2)cs1. The molecule has 15 heavy (non-hydrogen) atoms. The van der Waals surface area contributed by atoms with E-state index in [1.807, 2.05) is 11.3 Å². The maximum atomic E-state index is 4.81. The lowest BCUT2D eigenvalue weighted by Gasteiger charge is -2.05. The fourth-order valence-corrected chi connectivity index (χ4v) is 3.63. The Balaban J connectivity index is 1.76. The van der Waals surface area contributed by atoms with Crippen LogP contribution in [0.5, 0.6) is 0 Å². The molecule has 2 fully saturated rings. The Morgan fingerprint density at radius 3 is 2.93 bits per heavy atom. The molecule has 1 aromatic rings. The standard InChI is InChI=1S/C12H18N2S/c1-12(2)6-8(12)11-14-10(7-15-11)9-4-3-5-13-9/h7-9,13H,3-6H2,1-2H3. The molecule has 3 heteroatoms. The summed E-state index contributed by atoms with van der Waals surface area (Å²) in [5.41, 5.74) is 1.80. The third kappa shape index (κ3) is 1.72. The number of rotatable bonds is 2. The van der Waals surface area contributed by atoms with Crippen molar-refractivity contribution in [1.82, 2.24) is 10.3 Å². The predicted molar refractivity (Wildman–Crippen MR) is 63.2 cm³/mol. The number of nitrogens with zero attached hydrogens (tertiary/aromatic N) is 1. The Kier molecular flexibility index (Phi) is 2.15. The van der Waals surface area contributed by atoms with Crippen LogP contribution in [-0.4, -0.2) is 11.5 Å². The number of nitrogens with one attached hydrogen (secondary N) is 1. The third-order valence-electron chi connectivity index (χ3n) is 3.77. The molecule has 2 unspecified atom stereocenters. The Morgan fingerprint density at radius 2 is 2.33 bits per heavy atom. The van der Waals surface area contributed by atoms with E-state index in [0.29, 0.717) is 11.5 Å². The van der Waals surface area contributed by atoms with E-state index in [4.69, 9.17) is 4.98 Å². The van der Waals surface area contributed by atoms with E-state index in [9.17, 15) is 0 Å². The molecular weight excluding hydrogens is 204 g/mol. The van der Waals surface area contributed by atoms with Gasteiger partial charge in [0.25, 0.3) is 0 Å². The number of hydrogen-bond acceptors (Lipinski definition) is 3. The first-order valence-corrected chi connectivity index (χ1v) is 6.73. The van der Waals surface area contributed by atoms with Crippen molar-refractivity contribution >= 4 is 11.3 Å². The highest BCUT2D eigenvalue weighted by atomic mass is 32.1. The van der Waals surface area contributed by atoms with Crippen molar-refractivity contribution in [2.24, 2.45) is 5.41 Å². The van der Waals surface area contributed by atoms with Crippen LogP contribution >= 0.6 is 11.3 Å². The van der Waals surface area contributed by atoms with Crippen molar-refractivity contribution in [2.45, 2.75) is 45.1 Å². The van der Waals surface area contributed by atoms with Gasteiger partial charge < -0.3 is 5.32 Å². The van der Waals surface area contributed by atoms with E-state index in [1.54, 1.807) is 0 Å². The van der Waals surface area contributed by atoms with Gasteiger partial charge in [0.15, 0.2) is 0 Å². The molecule has 1 aromatic heterocycles. The van der Waals surface area contributed by atoms with E-state index in [1.165, 1.54) is 30.0 Å². The molecule has 0 amide bonds. The van der Waals surface area contributed by atoms with Crippen molar-refractivity contribution in [3.63, 3.8) is 0 Å². The van der Waals surface area contributed by atoms with Crippen LogP contribution in [0.4, 0.5) is 0 Å². The van der Waals surface area contributed by atoms with Crippen LogP contribution in [0.3, 0.4) is 0 Å². The summed E-state index contributed by atoms with van der Waals surface area (Å²) >= 11 is 1.86. The van der Waals surface area contributed by atoms with Gasteiger partial charge in [-0.1, -0.05) is 13.8 Å². The molecule has 1 aliphatic carbocycles. The fraction of sp³-hybridized carbons (Fsp3) is 0.750. The van der Waals surface area contributed by atoms with Gasteiger partial charge in [0, 0.05) is 11.3 Å². The van der Waals surface area contributed by atoms with Gasteiger partial charge >= 0.3 is 0 Å². The molecule has 1 saturated carbocycles. The monoisotopic (exact) mass is 222 g/mol. The Bertz CT molecular complexity index is 344. The van der Waals surface area contributed by atoms with Gasteiger partial charge in [-0.2, -0.15) is 0 Å². The summed E-state index contributed by atoms with van der Waals surface area (Å²) in [6.45, 7) is 5.84. The minimum absolute atomic E-state index is 0.512. The van der Waals surface area contributed by atoms with Crippen molar-refractivity contribution in [3.05, 3.63) is 16.1 Å². The van der Waals surface area contributed by atoms with Gasteiger partial charge in [-0.05, 0) is 31.2 Å². The maximum Gasteiger partial charge on any atom is 0.0965 e. The van der Waals surface area contributed by atoms with E-state index < -0.39 is 0 Å². The van der Waals surface area contributed by atoms with Crippen LogP contribution in [0.1, 0.15) is 55.8 Å². The quantitative estimate of drug-likeness (QED) is 0.832. The van der Waals surface area contributed by atoms with E-state index in [0.717, 1.165) is 12.5 Å². The van der Waals surface area contributed by atoms with Crippen molar-refractivity contribution in [2.75, 3.05) is 6.54 Å². The minimum atomic E-state index is 0.512. The predicted octanol–water partition coefficient (Wildman–Crippen LogP) is 3.08. The largest absolute Gasteiger partial charge is 0.309 e. The molecule has 1 saturated heterocycles. The molecule has 2 aliphatic rings. The molecule has 1 N–H and O–H groups in total. The lowest BCUT2D eigenvalue weighted by molar-refractivity contribution is 0.609. The smallest absolute Gasteiger partial charge is 0.0965 e. The van der Waals surface area contributed by atoms with Crippen LogP contribution in [0.25, 0.3) is 0 Å². The Morgan fingerprint density at radius 1 is 1.53 bits per heavy atom. The lowest BCUT2D eigenvalue weighted by atomic mass is 10.1. The average molecular weight is 222 g/mol. The minimum Gasteiger partial charge on any atom is -0.309 e. The van der Waals surface area contributed by atoms with Gasteiger partial charge in [-0.15, -0.1) is 11.3 Å². The van der Waals surface area contributed by atoms with E-state index in [-0.39, 0.29) is 0 Å². The van der Waals surface area contributed by atoms with Gasteiger partial charge in [0.1, 0.15) is 0 Å². The molecule has 2 nitrogen and oxygen atoms in total. The highest BCUT2D eigenvalue weighted by molar-refractivity contribution is 7.09. The summed E-state index contributed by atoms with van der Waals surface area (Å²) in [5.74, 6) is 0.734. The summed E-state index contributed by atoms with van der Waals surface area (Å²) in [6, 6.07) is 0.539.